The lowest BCUT2D eigenvalue weighted by atomic mass is 10.0. The predicted octanol–water partition coefficient (Wildman–Crippen LogP) is 3.18. The summed E-state index contributed by atoms with van der Waals surface area (Å²) in [6, 6.07) is 13.8. The Morgan fingerprint density at radius 1 is 1.05 bits per heavy atom. The van der Waals surface area contributed by atoms with Crippen LogP contribution in [0.3, 0.4) is 0 Å². The summed E-state index contributed by atoms with van der Waals surface area (Å²) in [6.45, 7) is 0. The molecule has 0 fully saturated rings. The number of aliphatic hydroxyl groups excluding tert-OH is 1. The molecule has 0 radical (unpaired) electrons. The van der Waals surface area contributed by atoms with Gasteiger partial charge in [0.15, 0.2) is 5.78 Å². The molecule has 0 atom stereocenters. The number of esters is 1. The van der Waals surface area contributed by atoms with E-state index in [1.165, 1.54) is 7.11 Å². The summed E-state index contributed by atoms with van der Waals surface area (Å²) in [6.07, 6.45) is 0.357. The minimum atomic E-state index is -0.550. The second-order valence-electron chi connectivity index (χ2n) is 5.03. The molecule has 0 saturated carbocycles. The number of rotatable bonds is 2. The maximum absolute atomic E-state index is 12.4. The van der Waals surface area contributed by atoms with Crippen molar-refractivity contribution in [2.75, 3.05) is 7.11 Å². The van der Waals surface area contributed by atoms with Gasteiger partial charge in [0, 0.05) is 23.1 Å². The molecule has 0 bridgehead atoms. The molecule has 2 aromatic carbocycles. The average Bonchev–Trinajstić information content (AvgIpc) is 2.91. The van der Waals surface area contributed by atoms with E-state index in [1.54, 1.807) is 36.4 Å². The molecule has 2 aromatic rings. The van der Waals surface area contributed by atoms with Gasteiger partial charge in [0.25, 0.3) is 0 Å². The number of hydrogen-bond donors (Lipinski definition) is 1. The molecular formula is C18H14O4. The van der Waals surface area contributed by atoms with Gasteiger partial charge in [-0.05, 0) is 11.6 Å². The molecule has 0 aromatic heterocycles. The molecule has 22 heavy (non-hydrogen) atoms. The largest absolute Gasteiger partial charge is 0.507 e. The summed E-state index contributed by atoms with van der Waals surface area (Å²) in [4.78, 5) is 24.2. The third-order valence-electron chi connectivity index (χ3n) is 3.78. The Labute approximate surface area is 127 Å². The third kappa shape index (κ3) is 2.19. The molecule has 3 rings (SSSR count). The molecule has 1 aliphatic rings. The van der Waals surface area contributed by atoms with Crippen molar-refractivity contribution in [3.8, 4) is 0 Å². The van der Waals surface area contributed by atoms with Crippen LogP contribution < -0.4 is 0 Å². The quantitative estimate of drug-likeness (QED) is 0.525. The standard InChI is InChI=1S/C18H14O4/c1-22-18(21)14-9-5-4-8-13(14)17(20)15-10-11-6-2-3-7-12(11)16(15)19/h2-9,20H,10H2,1H3/b17-15+. The molecule has 1 aliphatic carbocycles. The van der Waals surface area contributed by atoms with E-state index in [2.05, 4.69) is 0 Å². The summed E-state index contributed by atoms with van der Waals surface area (Å²) in [5.74, 6) is -0.916. The second kappa shape index (κ2) is 5.48. The number of fused-ring (bicyclic) bond motifs is 1. The van der Waals surface area contributed by atoms with Crippen molar-refractivity contribution < 1.29 is 19.4 Å². The van der Waals surface area contributed by atoms with Gasteiger partial charge in [0.2, 0.25) is 0 Å². The monoisotopic (exact) mass is 294 g/mol. The molecule has 0 aliphatic heterocycles. The van der Waals surface area contributed by atoms with Crippen LogP contribution in [0.15, 0.2) is 54.1 Å². The Bertz CT molecular complexity index is 802. The minimum absolute atomic E-state index is 0.165. The first-order valence-electron chi connectivity index (χ1n) is 6.86. The summed E-state index contributed by atoms with van der Waals surface area (Å²) in [5.41, 5.74) is 2.33. The lowest BCUT2D eigenvalue weighted by Gasteiger charge is -2.09. The summed E-state index contributed by atoms with van der Waals surface area (Å²) < 4.78 is 4.72. The average molecular weight is 294 g/mol. The minimum Gasteiger partial charge on any atom is -0.507 e. The highest BCUT2D eigenvalue weighted by Crippen LogP contribution is 2.31. The number of methoxy groups -OCH3 is 1. The van der Waals surface area contributed by atoms with Gasteiger partial charge < -0.3 is 9.84 Å². The van der Waals surface area contributed by atoms with E-state index in [0.29, 0.717) is 23.1 Å². The zero-order valence-electron chi connectivity index (χ0n) is 12.0. The van der Waals surface area contributed by atoms with Gasteiger partial charge in [0.05, 0.1) is 12.7 Å². The molecule has 4 nitrogen and oxygen atoms in total. The van der Waals surface area contributed by atoms with Crippen molar-refractivity contribution in [2.45, 2.75) is 6.42 Å². The maximum atomic E-state index is 12.4. The van der Waals surface area contributed by atoms with Crippen molar-refractivity contribution in [3.05, 3.63) is 76.4 Å². The Morgan fingerprint density at radius 3 is 2.36 bits per heavy atom. The van der Waals surface area contributed by atoms with Gasteiger partial charge in [0.1, 0.15) is 5.76 Å². The van der Waals surface area contributed by atoms with Crippen molar-refractivity contribution in [1.29, 1.82) is 0 Å². The van der Waals surface area contributed by atoms with Crippen LogP contribution in [0.5, 0.6) is 0 Å². The molecule has 0 amide bonds. The van der Waals surface area contributed by atoms with Crippen molar-refractivity contribution >= 4 is 17.5 Å². The van der Waals surface area contributed by atoms with Crippen LogP contribution in [0.4, 0.5) is 0 Å². The second-order valence-corrected chi connectivity index (χ2v) is 5.03. The van der Waals surface area contributed by atoms with Gasteiger partial charge in [-0.25, -0.2) is 4.79 Å². The summed E-state index contributed by atoms with van der Waals surface area (Å²) in [5, 5.41) is 10.5. The highest BCUT2D eigenvalue weighted by atomic mass is 16.5. The lowest BCUT2D eigenvalue weighted by molar-refractivity contribution is 0.0599. The van der Waals surface area contributed by atoms with Gasteiger partial charge in [-0.15, -0.1) is 0 Å². The number of allylic oxidation sites excluding steroid dienone is 1. The van der Waals surface area contributed by atoms with E-state index in [1.807, 2.05) is 12.1 Å². The first kappa shape index (κ1) is 14.1. The molecule has 0 spiro atoms. The molecule has 0 saturated heterocycles. The first-order chi connectivity index (χ1) is 10.6. The first-order valence-corrected chi connectivity index (χ1v) is 6.86. The smallest absolute Gasteiger partial charge is 0.338 e. The SMILES string of the molecule is COC(=O)c1ccccc1/C(O)=C1/Cc2ccccc2C1=O. The van der Waals surface area contributed by atoms with Crippen LogP contribution in [0.25, 0.3) is 5.76 Å². The number of carbonyl (C=O) groups is 2. The Balaban J connectivity index is 2.11. The van der Waals surface area contributed by atoms with Crippen LogP contribution in [-0.4, -0.2) is 24.0 Å². The van der Waals surface area contributed by atoms with Crippen LogP contribution >= 0.6 is 0 Å². The van der Waals surface area contributed by atoms with Gasteiger partial charge in [-0.3, -0.25) is 4.79 Å². The van der Waals surface area contributed by atoms with E-state index in [-0.39, 0.29) is 17.1 Å². The van der Waals surface area contributed by atoms with Gasteiger partial charge in [-0.1, -0.05) is 42.5 Å². The molecule has 110 valence electrons. The molecular weight excluding hydrogens is 280 g/mol. The number of carbonyl (C=O) groups excluding carboxylic acids is 2. The summed E-state index contributed by atoms with van der Waals surface area (Å²) >= 11 is 0. The maximum Gasteiger partial charge on any atom is 0.338 e. The predicted molar refractivity (Wildman–Crippen MR) is 81.8 cm³/mol. The summed E-state index contributed by atoms with van der Waals surface area (Å²) in [7, 11) is 1.28. The molecule has 0 heterocycles. The highest BCUT2D eigenvalue weighted by molar-refractivity contribution is 6.17. The number of Topliss-reactive ketones (excluding diaryl/α,β-unsaturated/α-hetero) is 1. The van der Waals surface area contributed by atoms with E-state index in [4.69, 9.17) is 4.74 Å². The molecule has 1 N–H and O–H groups in total. The van der Waals surface area contributed by atoms with Crippen molar-refractivity contribution in [2.24, 2.45) is 0 Å². The van der Waals surface area contributed by atoms with E-state index in [9.17, 15) is 14.7 Å². The Morgan fingerprint density at radius 2 is 1.68 bits per heavy atom. The number of aliphatic hydroxyl groups is 1. The Hall–Kier alpha value is -2.88. The fourth-order valence-electron chi connectivity index (χ4n) is 2.66. The van der Waals surface area contributed by atoms with Crippen LogP contribution in [-0.2, 0) is 11.2 Å². The van der Waals surface area contributed by atoms with Crippen molar-refractivity contribution in [3.63, 3.8) is 0 Å². The number of ether oxygens (including phenoxy) is 1. The molecule has 0 unspecified atom stereocenters. The topological polar surface area (TPSA) is 63.6 Å². The van der Waals surface area contributed by atoms with Crippen LogP contribution in [0.2, 0.25) is 0 Å². The van der Waals surface area contributed by atoms with E-state index in [0.717, 1.165) is 5.56 Å². The number of benzene rings is 2. The number of ketones is 1. The fraction of sp³-hybridized carbons (Fsp3) is 0.111. The van der Waals surface area contributed by atoms with E-state index >= 15 is 0 Å². The fourth-order valence-corrected chi connectivity index (χ4v) is 2.66. The zero-order chi connectivity index (χ0) is 15.7. The highest BCUT2D eigenvalue weighted by Gasteiger charge is 2.29. The van der Waals surface area contributed by atoms with Gasteiger partial charge in [-0.2, -0.15) is 0 Å². The third-order valence-corrected chi connectivity index (χ3v) is 3.78. The van der Waals surface area contributed by atoms with Crippen molar-refractivity contribution in [1.82, 2.24) is 0 Å². The van der Waals surface area contributed by atoms with E-state index < -0.39 is 5.97 Å². The number of hydrogen-bond acceptors (Lipinski definition) is 4. The Kier molecular flexibility index (Phi) is 3.51. The van der Waals surface area contributed by atoms with Gasteiger partial charge >= 0.3 is 5.97 Å². The van der Waals surface area contributed by atoms with Crippen LogP contribution in [0.1, 0.15) is 31.8 Å². The zero-order valence-corrected chi connectivity index (χ0v) is 12.0. The van der Waals surface area contributed by atoms with Crippen LogP contribution in [0, 0.1) is 0 Å². The lowest BCUT2D eigenvalue weighted by Crippen LogP contribution is -2.07. The molecule has 4 heteroatoms. The normalized spacial score (nSPS) is 15.4.